The van der Waals surface area contributed by atoms with Gasteiger partial charge in [0.2, 0.25) is 5.91 Å². The first kappa shape index (κ1) is 10.4. The van der Waals surface area contributed by atoms with Crippen molar-refractivity contribution in [1.29, 1.82) is 0 Å². The summed E-state index contributed by atoms with van der Waals surface area (Å²) in [6.07, 6.45) is 1.66. The lowest BCUT2D eigenvalue weighted by atomic mass is 10.1. The van der Waals surface area contributed by atoms with Crippen LogP contribution in [0.15, 0.2) is 47.6 Å². The number of nitrogens with zero attached hydrogens (tertiary/aromatic N) is 1. The second-order valence-corrected chi connectivity index (χ2v) is 3.49. The van der Waals surface area contributed by atoms with E-state index in [-0.39, 0.29) is 5.91 Å². The summed E-state index contributed by atoms with van der Waals surface area (Å²) in [6.45, 7) is 1.43. The maximum Gasteiger partial charge on any atom is 0.236 e. The number of hydrogen-bond donors (Lipinski definition) is 1. The zero-order valence-electron chi connectivity index (χ0n) is 8.97. The Morgan fingerprint density at radius 1 is 1.19 bits per heavy atom. The predicted molar refractivity (Wildman–Crippen MR) is 65.4 cm³/mol. The van der Waals surface area contributed by atoms with Crippen LogP contribution in [0.4, 0.5) is 0 Å². The van der Waals surface area contributed by atoms with Crippen LogP contribution in [0.3, 0.4) is 0 Å². The third-order valence-electron chi connectivity index (χ3n) is 2.25. The number of hydrogen-bond acceptors (Lipinski definition) is 2. The minimum Gasteiger partial charge on any atom is -0.274 e. The van der Waals surface area contributed by atoms with Crippen molar-refractivity contribution >= 4 is 22.9 Å². The molecular formula is C13H12N2O. The summed E-state index contributed by atoms with van der Waals surface area (Å²) in [7, 11) is 0. The highest BCUT2D eigenvalue weighted by Crippen LogP contribution is 2.16. The van der Waals surface area contributed by atoms with Gasteiger partial charge in [-0.15, -0.1) is 0 Å². The number of nitrogens with one attached hydrogen (secondary N) is 1. The second-order valence-electron chi connectivity index (χ2n) is 3.49. The fourth-order valence-electron chi connectivity index (χ4n) is 1.56. The van der Waals surface area contributed by atoms with Crippen molar-refractivity contribution in [2.24, 2.45) is 5.10 Å². The first-order valence-electron chi connectivity index (χ1n) is 5.05. The van der Waals surface area contributed by atoms with Crippen molar-refractivity contribution in [3.8, 4) is 0 Å². The molecule has 1 amide bonds. The molecule has 0 aliphatic carbocycles. The lowest BCUT2D eigenvalue weighted by Crippen LogP contribution is -2.12. The molecule has 0 aliphatic heterocycles. The van der Waals surface area contributed by atoms with Crippen LogP contribution >= 0.6 is 0 Å². The zero-order valence-corrected chi connectivity index (χ0v) is 8.97. The maximum atomic E-state index is 10.7. The van der Waals surface area contributed by atoms with Gasteiger partial charge >= 0.3 is 0 Å². The topological polar surface area (TPSA) is 41.5 Å². The van der Waals surface area contributed by atoms with Crippen molar-refractivity contribution < 1.29 is 4.79 Å². The smallest absolute Gasteiger partial charge is 0.236 e. The van der Waals surface area contributed by atoms with E-state index in [9.17, 15) is 4.79 Å². The molecule has 0 bridgehead atoms. The summed E-state index contributed by atoms with van der Waals surface area (Å²) in [5, 5.41) is 6.15. The van der Waals surface area contributed by atoms with E-state index < -0.39 is 0 Å². The molecule has 0 saturated heterocycles. The van der Waals surface area contributed by atoms with E-state index in [0.29, 0.717) is 0 Å². The Balaban J connectivity index is 2.37. The lowest BCUT2D eigenvalue weighted by Gasteiger charge is -2.00. The van der Waals surface area contributed by atoms with E-state index in [2.05, 4.69) is 10.5 Å². The van der Waals surface area contributed by atoms with E-state index in [1.165, 1.54) is 6.92 Å². The monoisotopic (exact) mass is 212 g/mol. The molecule has 2 aromatic rings. The number of rotatable bonds is 2. The Hall–Kier alpha value is -2.16. The van der Waals surface area contributed by atoms with Gasteiger partial charge in [-0.2, -0.15) is 5.10 Å². The summed E-state index contributed by atoms with van der Waals surface area (Å²) < 4.78 is 0. The molecule has 0 atom stereocenters. The molecule has 2 rings (SSSR count). The van der Waals surface area contributed by atoms with Gasteiger partial charge in [-0.3, -0.25) is 4.79 Å². The molecule has 0 saturated carbocycles. The first-order chi connectivity index (χ1) is 7.77. The minimum atomic E-state index is -0.170. The Kier molecular flexibility index (Phi) is 2.96. The fraction of sp³-hybridized carbons (Fsp3) is 0.0769. The van der Waals surface area contributed by atoms with E-state index in [0.717, 1.165) is 16.3 Å². The van der Waals surface area contributed by atoms with Gasteiger partial charge in [0.25, 0.3) is 0 Å². The Morgan fingerprint density at radius 2 is 1.94 bits per heavy atom. The highest BCUT2D eigenvalue weighted by Gasteiger charge is 1.96. The van der Waals surface area contributed by atoms with Crippen molar-refractivity contribution in [2.75, 3.05) is 0 Å². The number of hydrazone groups is 1. The molecule has 0 heterocycles. The highest BCUT2D eigenvalue weighted by molar-refractivity contribution is 5.99. The molecule has 1 N–H and O–H groups in total. The molecule has 0 spiro atoms. The quantitative estimate of drug-likeness (QED) is 0.602. The standard InChI is InChI=1S/C13H12N2O/c1-10(16)15-14-9-12-7-4-6-11-5-2-3-8-13(11)12/h2-9H,1H3,(H,15,16). The second kappa shape index (κ2) is 4.57. The lowest BCUT2D eigenvalue weighted by molar-refractivity contribution is -0.118. The molecule has 3 nitrogen and oxygen atoms in total. The van der Waals surface area contributed by atoms with E-state index >= 15 is 0 Å². The predicted octanol–water partition coefficient (Wildman–Crippen LogP) is 2.31. The van der Waals surface area contributed by atoms with Gasteiger partial charge in [0.15, 0.2) is 0 Å². The van der Waals surface area contributed by atoms with Gasteiger partial charge in [0.05, 0.1) is 6.21 Å². The third kappa shape index (κ3) is 2.25. The normalized spacial score (nSPS) is 10.8. The van der Waals surface area contributed by atoms with Gasteiger partial charge in [0, 0.05) is 12.5 Å². The van der Waals surface area contributed by atoms with Crippen molar-refractivity contribution in [3.63, 3.8) is 0 Å². The zero-order chi connectivity index (χ0) is 11.4. The minimum absolute atomic E-state index is 0.170. The number of benzene rings is 2. The van der Waals surface area contributed by atoms with Crippen LogP contribution in [0, 0.1) is 0 Å². The Labute approximate surface area is 93.8 Å². The van der Waals surface area contributed by atoms with E-state index in [4.69, 9.17) is 0 Å². The summed E-state index contributed by atoms with van der Waals surface area (Å²) in [5.41, 5.74) is 3.38. The third-order valence-corrected chi connectivity index (χ3v) is 2.25. The highest BCUT2D eigenvalue weighted by atomic mass is 16.2. The van der Waals surface area contributed by atoms with Crippen LogP contribution in [0.5, 0.6) is 0 Å². The molecule has 0 aromatic heterocycles. The van der Waals surface area contributed by atoms with Gasteiger partial charge in [-0.25, -0.2) is 5.43 Å². The van der Waals surface area contributed by atoms with E-state index in [1.54, 1.807) is 6.21 Å². The van der Waals surface area contributed by atoms with Crippen molar-refractivity contribution in [3.05, 3.63) is 48.0 Å². The van der Waals surface area contributed by atoms with Crippen molar-refractivity contribution in [2.45, 2.75) is 6.92 Å². The van der Waals surface area contributed by atoms with Crippen LogP contribution in [-0.2, 0) is 4.79 Å². The average molecular weight is 212 g/mol. The molecule has 80 valence electrons. The van der Waals surface area contributed by atoms with Crippen LogP contribution < -0.4 is 5.43 Å². The molecule has 16 heavy (non-hydrogen) atoms. The molecular weight excluding hydrogens is 200 g/mol. The summed E-state index contributed by atoms with van der Waals surface area (Å²) in [5.74, 6) is -0.170. The SMILES string of the molecule is CC(=O)NN=Cc1cccc2ccccc12. The van der Waals surface area contributed by atoms with Crippen molar-refractivity contribution in [1.82, 2.24) is 5.43 Å². The van der Waals surface area contributed by atoms with Crippen LogP contribution in [0.1, 0.15) is 12.5 Å². The average Bonchev–Trinajstić information content (AvgIpc) is 2.29. The molecule has 0 unspecified atom stereocenters. The summed E-state index contributed by atoms with van der Waals surface area (Å²) >= 11 is 0. The van der Waals surface area contributed by atoms with Gasteiger partial charge in [-0.05, 0) is 10.8 Å². The number of carbonyl (C=O) groups excluding carboxylic acids is 1. The van der Waals surface area contributed by atoms with Gasteiger partial charge in [-0.1, -0.05) is 42.5 Å². The summed E-state index contributed by atoms with van der Waals surface area (Å²) in [4.78, 5) is 10.7. The number of fused-ring (bicyclic) bond motifs is 1. The Morgan fingerprint density at radius 3 is 2.75 bits per heavy atom. The van der Waals surface area contributed by atoms with Gasteiger partial charge < -0.3 is 0 Å². The molecule has 0 radical (unpaired) electrons. The molecule has 0 fully saturated rings. The number of carbonyl (C=O) groups is 1. The van der Waals surface area contributed by atoms with Crippen LogP contribution in [-0.4, -0.2) is 12.1 Å². The first-order valence-corrected chi connectivity index (χ1v) is 5.05. The maximum absolute atomic E-state index is 10.7. The number of amides is 1. The molecule has 0 aliphatic rings. The fourth-order valence-corrected chi connectivity index (χ4v) is 1.56. The van der Waals surface area contributed by atoms with E-state index in [1.807, 2.05) is 42.5 Å². The van der Waals surface area contributed by atoms with Crippen LogP contribution in [0.2, 0.25) is 0 Å². The Bertz CT molecular complexity index is 541. The van der Waals surface area contributed by atoms with Crippen LogP contribution in [0.25, 0.3) is 10.8 Å². The molecule has 2 aromatic carbocycles. The largest absolute Gasteiger partial charge is 0.274 e. The summed E-state index contributed by atoms with van der Waals surface area (Å²) in [6, 6.07) is 14.0. The van der Waals surface area contributed by atoms with Gasteiger partial charge in [0.1, 0.15) is 0 Å². The molecule has 3 heteroatoms.